The average molecular weight is 359 g/mol. The van der Waals surface area contributed by atoms with Crippen molar-refractivity contribution in [3.05, 3.63) is 64.1 Å². The van der Waals surface area contributed by atoms with Crippen molar-refractivity contribution in [2.45, 2.75) is 18.2 Å². The fraction of sp³-hybridized carbons (Fsp3) is 0.176. The smallest absolute Gasteiger partial charge is 0.294 e. The lowest BCUT2D eigenvalue weighted by atomic mass is 10.0. The summed E-state index contributed by atoms with van der Waals surface area (Å²) in [6.45, 7) is 2.72. The first-order valence-electron chi connectivity index (χ1n) is 7.64. The molecule has 0 bridgehead atoms. The third-order valence-electron chi connectivity index (χ3n) is 3.89. The fourth-order valence-corrected chi connectivity index (χ4v) is 3.12. The van der Waals surface area contributed by atoms with Gasteiger partial charge in [0.2, 0.25) is 0 Å². The first kappa shape index (κ1) is 17.1. The molecule has 130 valence electrons. The molecule has 3 N–H and O–H groups in total. The highest BCUT2D eigenvalue weighted by Crippen LogP contribution is 2.26. The highest BCUT2D eigenvalue weighted by atomic mass is 32.2. The maximum absolute atomic E-state index is 11.5. The van der Waals surface area contributed by atoms with Gasteiger partial charge in [0.05, 0.1) is 16.0 Å². The number of aromatic amines is 1. The number of rotatable bonds is 1. The SMILES string of the molecule is Cc1ccc(S(=O)(=O)O)cc1.O=c1[nH]nc2c3c(cccc13)NCC2. The minimum absolute atomic E-state index is 0.0666. The zero-order valence-electron chi connectivity index (χ0n) is 13.5. The Morgan fingerprint density at radius 1 is 1.12 bits per heavy atom. The number of nitrogens with zero attached hydrogens (tertiary/aromatic N) is 1. The lowest BCUT2D eigenvalue weighted by Gasteiger charge is -2.16. The van der Waals surface area contributed by atoms with Crippen LogP contribution in [-0.4, -0.2) is 29.7 Å². The van der Waals surface area contributed by atoms with Crippen molar-refractivity contribution in [2.75, 3.05) is 11.9 Å². The van der Waals surface area contributed by atoms with Crippen LogP contribution in [0, 0.1) is 6.92 Å². The summed E-state index contributed by atoms with van der Waals surface area (Å²) in [5, 5.41) is 11.5. The molecule has 8 heteroatoms. The Labute approximate surface area is 144 Å². The maximum Gasteiger partial charge on any atom is 0.294 e. The molecular weight excluding hydrogens is 342 g/mol. The molecule has 0 amide bonds. The van der Waals surface area contributed by atoms with Crippen LogP contribution < -0.4 is 10.9 Å². The van der Waals surface area contributed by atoms with Crippen LogP contribution in [0.25, 0.3) is 10.8 Å². The Kier molecular flexibility index (Phi) is 4.56. The minimum Gasteiger partial charge on any atom is -0.384 e. The van der Waals surface area contributed by atoms with Crippen molar-refractivity contribution in [3.63, 3.8) is 0 Å². The van der Waals surface area contributed by atoms with Crippen molar-refractivity contribution in [1.82, 2.24) is 10.2 Å². The zero-order chi connectivity index (χ0) is 18.0. The van der Waals surface area contributed by atoms with Crippen molar-refractivity contribution in [2.24, 2.45) is 0 Å². The van der Waals surface area contributed by atoms with Crippen LogP contribution in [0.3, 0.4) is 0 Å². The second kappa shape index (κ2) is 6.66. The Balaban J connectivity index is 0.000000151. The first-order chi connectivity index (χ1) is 11.9. The van der Waals surface area contributed by atoms with E-state index in [9.17, 15) is 13.2 Å². The summed E-state index contributed by atoms with van der Waals surface area (Å²) < 4.78 is 29.6. The summed E-state index contributed by atoms with van der Waals surface area (Å²) in [6, 6.07) is 11.7. The van der Waals surface area contributed by atoms with E-state index in [1.165, 1.54) is 12.1 Å². The molecule has 1 aliphatic heterocycles. The molecule has 25 heavy (non-hydrogen) atoms. The number of aryl methyl sites for hydroxylation is 1. The second-order valence-electron chi connectivity index (χ2n) is 5.69. The number of nitrogens with one attached hydrogen (secondary N) is 2. The van der Waals surface area contributed by atoms with Gasteiger partial charge in [-0.15, -0.1) is 0 Å². The fourth-order valence-electron chi connectivity index (χ4n) is 2.64. The predicted molar refractivity (Wildman–Crippen MR) is 95.6 cm³/mol. The van der Waals surface area contributed by atoms with E-state index in [0.717, 1.165) is 40.7 Å². The van der Waals surface area contributed by atoms with E-state index in [-0.39, 0.29) is 10.5 Å². The van der Waals surface area contributed by atoms with E-state index < -0.39 is 10.1 Å². The summed E-state index contributed by atoms with van der Waals surface area (Å²) >= 11 is 0. The van der Waals surface area contributed by atoms with Crippen LogP contribution in [-0.2, 0) is 16.5 Å². The lowest BCUT2D eigenvalue weighted by molar-refractivity contribution is 0.483. The molecule has 0 saturated carbocycles. The van der Waals surface area contributed by atoms with E-state index >= 15 is 0 Å². The van der Waals surface area contributed by atoms with E-state index in [2.05, 4.69) is 15.5 Å². The van der Waals surface area contributed by atoms with Crippen LogP contribution in [0.5, 0.6) is 0 Å². The molecule has 0 aliphatic carbocycles. The monoisotopic (exact) mass is 359 g/mol. The average Bonchev–Trinajstić information content (AvgIpc) is 2.58. The van der Waals surface area contributed by atoms with Crippen molar-refractivity contribution in [3.8, 4) is 0 Å². The predicted octanol–water partition coefficient (Wildman–Crippen LogP) is 2.13. The van der Waals surface area contributed by atoms with E-state index in [4.69, 9.17) is 4.55 Å². The van der Waals surface area contributed by atoms with Crippen LogP contribution in [0.4, 0.5) is 5.69 Å². The van der Waals surface area contributed by atoms with E-state index in [1.807, 2.05) is 25.1 Å². The van der Waals surface area contributed by atoms with Crippen LogP contribution in [0.1, 0.15) is 11.3 Å². The van der Waals surface area contributed by atoms with Gasteiger partial charge in [-0.25, -0.2) is 5.10 Å². The molecule has 3 aromatic rings. The summed E-state index contributed by atoms with van der Waals surface area (Å²) in [5.74, 6) is 0. The molecule has 0 radical (unpaired) electrons. The van der Waals surface area contributed by atoms with Gasteiger partial charge in [-0.05, 0) is 31.2 Å². The van der Waals surface area contributed by atoms with Gasteiger partial charge < -0.3 is 5.32 Å². The third-order valence-corrected chi connectivity index (χ3v) is 4.75. The Hall–Kier alpha value is -2.71. The quantitative estimate of drug-likeness (QED) is 0.574. The highest BCUT2D eigenvalue weighted by molar-refractivity contribution is 7.85. The van der Waals surface area contributed by atoms with Crippen LogP contribution in [0.15, 0.2) is 52.2 Å². The van der Waals surface area contributed by atoms with Gasteiger partial charge >= 0.3 is 0 Å². The minimum atomic E-state index is -4.02. The van der Waals surface area contributed by atoms with E-state index in [1.54, 1.807) is 12.1 Å². The van der Waals surface area contributed by atoms with Crippen molar-refractivity contribution >= 4 is 26.6 Å². The molecule has 2 heterocycles. The van der Waals surface area contributed by atoms with Gasteiger partial charge in [0.15, 0.2) is 0 Å². The van der Waals surface area contributed by atoms with Gasteiger partial charge in [-0.1, -0.05) is 23.8 Å². The Morgan fingerprint density at radius 3 is 2.52 bits per heavy atom. The van der Waals surface area contributed by atoms with Gasteiger partial charge in [-0.2, -0.15) is 13.5 Å². The third kappa shape index (κ3) is 3.70. The lowest BCUT2D eigenvalue weighted by Crippen LogP contribution is -2.18. The summed E-state index contributed by atoms with van der Waals surface area (Å²) in [4.78, 5) is 11.4. The van der Waals surface area contributed by atoms with E-state index in [0.29, 0.717) is 0 Å². The summed E-state index contributed by atoms with van der Waals surface area (Å²) in [5.41, 5.74) is 2.84. The summed E-state index contributed by atoms with van der Waals surface area (Å²) in [6.07, 6.45) is 0.865. The number of H-pyrrole nitrogens is 1. The molecule has 0 saturated heterocycles. The number of hydrogen-bond acceptors (Lipinski definition) is 5. The molecule has 0 unspecified atom stereocenters. The Morgan fingerprint density at radius 2 is 1.84 bits per heavy atom. The molecule has 1 aromatic heterocycles. The van der Waals surface area contributed by atoms with Gasteiger partial charge in [-0.3, -0.25) is 9.35 Å². The van der Waals surface area contributed by atoms with Crippen molar-refractivity contribution < 1.29 is 13.0 Å². The van der Waals surface area contributed by atoms with Crippen LogP contribution in [0.2, 0.25) is 0 Å². The zero-order valence-corrected chi connectivity index (χ0v) is 14.3. The second-order valence-corrected chi connectivity index (χ2v) is 7.11. The van der Waals surface area contributed by atoms with Gasteiger partial charge in [0.25, 0.3) is 15.7 Å². The van der Waals surface area contributed by atoms with Gasteiger partial charge in [0, 0.05) is 24.0 Å². The number of aromatic nitrogens is 2. The summed E-state index contributed by atoms with van der Waals surface area (Å²) in [7, 11) is -4.02. The molecular formula is C17H17N3O4S. The number of anilines is 1. The molecule has 2 aromatic carbocycles. The standard InChI is InChI=1S/C10H9N3O.C7H8O3S/c14-10-6-2-1-3-7-9(6)8(12-13-10)4-5-11-7;1-6-2-4-7(5-3-6)11(8,9)10/h1-3,11H,4-5H2,(H,13,14);2-5H,1H3,(H,8,9,10). The largest absolute Gasteiger partial charge is 0.384 e. The van der Waals surface area contributed by atoms with Gasteiger partial charge in [0.1, 0.15) is 0 Å². The number of benzene rings is 2. The molecule has 7 nitrogen and oxygen atoms in total. The number of hydrogen-bond donors (Lipinski definition) is 3. The molecule has 0 fully saturated rings. The van der Waals surface area contributed by atoms with Crippen LogP contribution >= 0.6 is 0 Å². The Bertz CT molecular complexity index is 1060. The topological polar surface area (TPSA) is 112 Å². The molecule has 4 rings (SSSR count). The molecule has 0 atom stereocenters. The maximum atomic E-state index is 11.5. The molecule has 1 aliphatic rings. The normalized spacial score (nSPS) is 12.9. The molecule has 0 spiro atoms. The first-order valence-corrected chi connectivity index (χ1v) is 9.08. The highest BCUT2D eigenvalue weighted by Gasteiger charge is 2.14. The van der Waals surface area contributed by atoms with Crippen molar-refractivity contribution in [1.29, 1.82) is 0 Å².